The van der Waals surface area contributed by atoms with Crippen LogP contribution in [0.15, 0.2) is 59.3 Å². The summed E-state index contributed by atoms with van der Waals surface area (Å²) in [6, 6.07) is 3.78. The average molecular weight is 584 g/mol. The van der Waals surface area contributed by atoms with Gasteiger partial charge in [-0.3, -0.25) is 0 Å². The number of hydrogen-bond donors (Lipinski definition) is 10. The Morgan fingerprint density at radius 3 is 2.34 bits per heavy atom. The minimum Gasteiger partial charge on any atom is -0.571 e. The van der Waals surface area contributed by atoms with Crippen molar-refractivity contribution in [3.63, 3.8) is 0 Å². The number of aliphatic hydroxyl groups excluding tert-OH is 8. The Balaban J connectivity index is 1.53. The van der Waals surface area contributed by atoms with Crippen LogP contribution in [-0.4, -0.2) is 130 Å². The van der Waals surface area contributed by atoms with Crippen molar-refractivity contribution < 1.29 is 74.7 Å². The minimum atomic E-state index is -1.78. The van der Waals surface area contributed by atoms with Gasteiger partial charge in [-0.15, -0.1) is 0 Å². The van der Waals surface area contributed by atoms with E-state index in [4.69, 9.17) is 18.9 Å². The Bertz CT molecular complexity index is 1270. The Morgan fingerprint density at radius 2 is 1.63 bits per heavy atom. The van der Waals surface area contributed by atoms with Crippen molar-refractivity contribution >= 4 is 5.76 Å². The number of rotatable bonds is 6. The lowest BCUT2D eigenvalue weighted by Crippen LogP contribution is -2.63. The maximum Gasteiger partial charge on any atom is 0.305 e. The summed E-state index contributed by atoms with van der Waals surface area (Å²) in [5.41, 5.74) is 0.420. The zero-order valence-corrected chi connectivity index (χ0v) is 21.2. The lowest BCUT2D eigenvalue weighted by atomic mass is 9.96. The van der Waals surface area contributed by atoms with Crippen molar-refractivity contribution in [3.05, 3.63) is 64.8 Å². The number of phenolic OH excluding ortho intramolecular Hbond substituents is 2. The molecule has 0 amide bonds. The van der Waals surface area contributed by atoms with Crippen molar-refractivity contribution in [1.29, 1.82) is 0 Å². The Morgan fingerprint density at radius 1 is 0.878 bits per heavy atom. The van der Waals surface area contributed by atoms with Crippen LogP contribution >= 0.6 is 0 Å². The van der Waals surface area contributed by atoms with Crippen molar-refractivity contribution in [3.8, 4) is 11.5 Å². The van der Waals surface area contributed by atoms with Gasteiger partial charge in [0.05, 0.1) is 30.4 Å². The van der Waals surface area contributed by atoms with Gasteiger partial charge in [-0.2, -0.15) is 0 Å². The molecule has 0 aromatic heterocycles. The van der Waals surface area contributed by atoms with Crippen LogP contribution in [0, 0.1) is 0 Å². The molecule has 15 nitrogen and oxygen atoms in total. The lowest BCUT2D eigenvalue weighted by Gasteiger charge is -2.44. The molecule has 1 aromatic rings. The maximum atomic E-state index is 10.9. The molecule has 41 heavy (non-hydrogen) atoms. The number of fused-ring (bicyclic) bond motifs is 1. The first kappa shape index (κ1) is 29.1. The summed E-state index contributed by atoms with van der Waals surface area (Å²) in [7, 11) is 0. The molecule has 0 saturated carbocycles. The van der Waals surface area contributed by atoms with E-state index in [0.29, 0.717) is 0 Å². The van der Waals surface area contributed by atoms with Crippen LogP contribution in [0.1, 0.15) is 5.56 Å². The van der Waals surface area contributed by atoms with Gasteiger partial charge in [-0.25, -0.2) is 0 Å². The fourth-order valence-corrected chi connectivity index (χ4v) is 4.81. The molecule has 2 saturated heterocycles. The number of ether oxygens (including phenoxy) is 5. The lowest BCUT2D eigenvalue weighted by molar-refractivity contribution is -0.351. The van der Waals surface area contributed by atoms with Crippen molar-refractivity contribution in [2.75, 3.05) is 13.2 Å². The first-order chi connectivity index (χ1) is 19.5. The summed E-state index contributed by atoms with van der Waals surface area (Å²) in [6.07, 6.45) is -11.6. The number of aliphatic hydroxyl groups is 10. The predicted molar refractivity (Wildman–Crippen MR) is 134 cm³/mol. The summed E-state index contributed by atoms with van der Waals surface area (Å²) >= 11 is 0. The second-order valence-electron chi connectivity index (χ2n) is 9.89. The smallest absolute Gasteiger partial charge is 0.305 e. The third-order valence-corrected chi connectivity index (χ3v) is 7.08. The summed E-state index contributed by atoms with van der Waals surface area (Å²) < 4.78 is 27.2. The standard InChI is InChI=1S/C26H30O15/c27-7-18-20(34)21(35)24(41-25-22(36)19(33)15(32)8-37-25)26(40-18)39-17-6-11-13(30)4-10(28)5-16(11)38-23(17)9-1-2-12(29)14(31)3-9/h1-6,15-16,18-22,24-36H,7-8H2/p+1/t15-,16?,18-,19+,20+,21+,22-,24-,25+,26-/m1/s1. The zero-order chi connectivity index (χ0) is 29.6. The van der Waals surface area contributed by atoms with Crippen LogP contribution in [0.25, 0.3) is 5.76 Å². The molecule has 3 heterocycles. The second kappa shape index (κ2) is 11.5. The molecule has 2 fully saturated rings. The van der Waals surface area contributed by atoms with E-state index in [1.807, 2.05) is 0 Å². The fraction of sp³-hybridized carbons (Fsp3) is 0.462. The van der Waals surface area contributed by atoms with Gasteiger partial charge in [0.15, 0.2) is 23.9 Å². The first-order valence-corrected chi connectivity index (χ1v) is 12.6. The highest BCUT2D eigenvalue weighted by molar-refractivity contribution is 5.69. The highest BCUT2D eigenvalue weighted by Gasteiger charge is 2.50. The summed E-state index contributed by atoms with van der Waals surface area (Å²) in [4.78, 5) is 0. The second-order valence-corrected chi connectivity index (χ2v) is 9.89. The first-order valence-electron chi connectivity index (χ1n) is 12.6. The van der Waals surface area contributed by atoms with E-state index in [2.05, 4.69) is 4.74 Å². The molecule has 1 aromatic carbocycles. The largest absolute Gasteiger partial charge is 0.571 e. The summed E-state index contributed by atoms with van der Waals surface area (Å²) in [5, 5.41) is 102. The van der Waals surface area contributed by atoms with Gasteiger partial charge >= 0.3 is 5.76 Å². The van der Waals surface area contributed by atoms with E-state index in [1.54, 1.807) is 0 Å². The van der Waals surface area contributed by atoms with Crippen molar-refractivity contribution in [2.45, 2.75) is 61.4 Å². The molecule has 0 radical (unpaired) electrons. The Kier molecular flexibility index (Phi) is 8.15. The molecule has 15 heteroatoms. The molecular weight excluding hydrogens is 552 g/mol. The number of aromatic hydroxyl groups is 2. The van der Waals surface area contributed by atoms with Crippen molar-refractivity contribution in [2.24, 2.45) is 0 Å². The number of allylic oxidation sites excluding steroid dienone is 2. The van der Waals surface area contributed by atoms with E-state index >= 15 is 0 Å². The average Bonchev–Trinajstić information content (AvgIpc) is 2.94. The number of benzene rings is 1. The molecule has 4 aliphatic rings. The molecule has 5 rings (SSSR count). The molecule has 3 aliphatic heterocycles. The topological polar surface area (TPSA) is 252 Å². The van der Waals surface area contributed by atoms with Crippen molar-refractivity contribution in [1.82, 2.24) is 0 Å². The Labute approximate surface area is 231 Å². The van der Waals surface area contributed by atoms with Crippen LogP contribution < -0.4 is 0 Å². The zero-order valence-electron chi connectivity index (χ0n) is 21.2. The van der Waals surface area contributed by atoms with Crippen LogP contribution in [-0.2, 0) is 18.9 Å². The monoisotopic (exact) mass is 583 g/mol. The SMILES string of the molecule is OC[C@H]1O[C@@H](OC2=C(c3ccc(O)c(O)c3)[OH+]C3C=C(O)C=C(O)C3=C2)[C@H](O[C@@H]2OC[C@@H](O)[C@H](O)[C@H]2O)[C@@H](O)[C@H]1O. The molecule has 224 valence electrons. The predicted octanol–water partition coefficient (Wildman–Crippen LogP) is -2.22. The van der Waals surface area contributed by atoms with Crippen LogP contribution in [0.2, 0.25) is 0 Å². The van der Waals surface area contributed by atoms with Crippen LogP contribution in [0.5, 0.6) is 11.5 Å². The highest BCUT2D eigenvalue weighted by Crippen LogP contribution is 2.39. The van der Waals surface area contributed by atoms with E-state index in [9.17, 15) is 51.1 Å². The van der Waals surface area contributed by atoms with E-state index in [0.717, 1.165) is 6.08 Å². The van der Waals surface area contributed by atoms with Crippen LogP contribution in [0.4, 0.5) is 0 Å². The normalized spacial score (nSPS) is 37.4. The van der Waals surface area contributed by atoms with Gasteiger partial charge < -0.3 is 74.7 Å². The summed E-state index contributed by atoms with van der Waals surface area (Å²) in [5.74, 6) is -1.55. The van der Waals surface area contributed by atoms with Gasteiger partial charge in [0, 0.05) is 18.2 Å². The minimum absolute atomic E-state index is 0.0452. The number of phenols is 2. The number of hydrogen-bond acceptors (Lipinski definition) is 14. The summed E-state index contributed by atoms with van der Waals surface area (Å²) in [6.45, 7) is -1.16. The molecule has 0 bridgehead atoms. The maximum absolute atomic E-state index is 10.9. The molecule has 10 atom stereocenters. The van der Waals surface area contributed by atoms with Gasteiger partial charge in [-0.1, -0.05) is 0 Å². The highest BCUT2D eigenvalue weighted by atomic mass is 16.8. The van der Waals surface area contributed by atoms with E-state index < -0.39 is 86.1 Å². The van der Waals surface area contributed by atoms with Gasteiger partial charge in [0.1, 0.15) is 48.1 Å². The Hall–Kier alpha value is -3.38. The van der Waals surface area contributed by atoms with Gasteiger partial charge in [0.25, 0.3) is 0 Å². The molecular formula is C26H31O15+. The molecule has 1 aliphatic carbocycles. The molecule has 1 unspecified atom stereocenters. The van der Waals surface area contributed by atoms with Gasteiger partial charge in [-0.05, 0) is 12.1 Å². The molecule has 11 N–H and O–H groups in total. The quantitative estimate of drug-likeness (QED) is 0.126. The fourth-order valence-electron chi connectivity index (χ4n) is 4.81. The molecule has 0 spiro atoms. The third-order valence-electron chi connectivity index (χ3n) is 7.08. The van der Waals surface area contributed by atoms with Gasteiger partial charge in [0.2, 0.25) is 18.2 Å². The third kappa shape index (κ3) is 5.59. The van der Waals surface area contributed by atoms with Crippen LogP contribution in [0.3, 0.4) is 0 Å². The van der Waals surface area contributed by atoms with E-state index in [-0.39, 0.29) is 34.2 Å². The van der Waals surface area contributed by atoms with E-state index in [1.165, 1.54) is 30.4 Å².